The van der Waals surface area contributed by atoms with Crippen molar-refractivity contribution >= 4 is 11.7 Å². The summed E-state index contributed by atoms with van der Waals surface area (Å²) in [4.78, 5) is 10.9. The Kier molecular flexibility index (Phi) is 5.55. The van der Waals surface area contributed by atoms with E-state index < -0.39 is 5.97 Å². The van der Waals surface area contributed by atoms with Gasteiger partial charge in [0.05, 0.1) is 18.3 Å². The molecule has 0 amide bonds. The Labute approximate surface area is 130 Å². The molecule has 0 heterocycles. The normalized spacial score (nSPS) is 10.7. The molecule has 0 bridgehead atoms. The first-order valence-corrected chi connectivity index (χ1v) is 7.31. The Morgan fingerprint density at radius 3 is 2.50 bits per heavy atom. The molecular formula is C18H21NO3. The highest BCUT2D eigenvalue weighted by Gasteiger charge is 2.03. The highest BCUT2D eigenvalue weighted by Crippen LogP contribution is 2.13. The van der Waals surface area contributed by atoms with E-state index >= 15 is 0 Å². The third-order valence-corrected chi connectivity index (χ3v) is 3.21. The second kappa shape index (κ2) is 7.61. The van der Waals surface area contributed by atoms with Crippen LogP contribution in [0.3, 0.4) is 0 Å². The molecular weight excluding hydrogens is 278 g/mol. The minimum Gasteiger partial charge on any atom is -0.478 e. The third-order valence-electron chi connectivity index (χ3n) is 3.21. The first kappa shape index (κ1) is 16.0. The Balaban J connectivity index is 1.91. The van der Waals surface area contributed by atoms with Crippen LogP contribution in [0.15, 0.2) is 48.5 Å². The molecule has 0 atom stereocenters. The first-order valence-electron chi connectivity index (χ1n) is 7.31. The van der Waals surface area contributed by atoms with E-state index in [0.29, 0.717) is 18.7 Å². The summed E-state index contributed by atoms with van der Waals surface area (Å²) in [6.45, 7) is 5.23. The Morgan fingerprint density at radius 1 is 1.14 bits per heavy atom. The maximum absolute atomic E-state index is 10.9. The number of anilines is 1. The number of carboxylic acids is 1. The van der Waals surface area contributed by atoms with Gasteiger partial charge in [-0.05, 0) is 49.2 Å². The van der Waals surface area contributed by atoms with E-state index in [1.807, 2.05) is 44.2 Å². The van der Waals surface area contributed by atoms with E-state index in [1.54, 1.807) is 18.2 Å². The largest absolute Gasteiger partial charge is 0.478 e. The maximum atomic E-state index is 10.9. The number of hydrogen-bond donors (Lipinski definition) is 2. The van der Waals surface area contributed by atoms with Crippen molar-refractivity contribution in [2.75, 3.05) is 5.32 Å². The Morgan fingerprint density at radius 2 is 1.86 bits per heavy atom. The van der Waals surface area contributed by atoms with Gasteiger partial charge in [-0.1, -0.05) is 24.3 Å². The van der Waals surface area contributed by atoms with E-state index in [1.165, 1.54) is 0 Å². The average molecular weight is 299 g/mol. The van der Waals surface area contributed by atoms with E-state index in [0.717, 1.165) is 16.8 Å². The van der Waals surface area contributed by atoms with Crippen LogP contribution in [-0.4, -0.2) is 17.2 Å². The average Bonchev–Trinajstić information content (AvgIpc) is 2.52. The smallest absolute Gasteiger partial charge is 0.335 e. The first-order chi connectivity index (χ1) is 10.5. The molecule has 2 rings (SSSR count). The number of nitrogens with one attached hydrogen (secondary N) is 1. The van der Waals surface area contributed by atoms with Crippen LogP contribution in [0.25, 0.3) is 0 Å². The monoisotopic (exact) mass is 299 g/mol. The van der Waals surface area contributed by atoms with E-state index in [4.69, 9.17) is 9.84 Å². The summed E-state index contributed by atoms with van der Waals surface area (Å²) in [5, 5.41) is 12.3. The fraction of sp³-hybridized carbons (Fsp3) is 0.278. The van der Waals surface area contributed by atoms with E-state index in [-0.39, 0.29) is 6.10 Å². The van der Waals surface area contributed by atoms with Gasteiger partial charge in [-0.2, -0.15) is 0 Å². The van der Waals surface area contributed by atoms with Gasteiger partial charge in [0.2, 0.25) is 0 Å². The Bertz CT molecular complexity index is 620. The summed E-state index contributed by atoms with van der Waals surface area (Å²) in [5.74, 6) is -0.906. The topological polar surface area (TPSA) is 58.6 Å². The zero-order valence-corrected chi connectivity index (χ0v) is 12.9. The molecule has 0 saturated carbocycles. The lowest BCUT2D eigenvalue weighted by atomic mass is 10.1. The van der Waals surface area contributed by atoms with Crippen molar-refractivity contribution in [2.45, 2.75) is 33.1 Å². The lowest BCUT2D eigenvalue weighted by Crippen LogP contribution is -2.03. The second-order valence-electron chi connectivity index (χ2n) is 5.42. The molecule has 0 saturated heterocycles. The van der Waals surface area contributed by atoms with Crippen LogP contribution in [0.1, 0.15) is 35.3 Å². The minimum absolute atomic E-state index is 0.222. The van der Waals surface area contributed by atoms with Crippen LogP contribution in [0.4, 0.5) is 5.69 Å². The van der Waals surface area contributed by atoms with Crippen LogP contribution in [0.2, 0.25) is 0 Å². The summed E-state index contributed by atoms with van der Waals surface area (Å²) in [5.41, 5.74) is 3.37. The van der Waals surface area contributed by atoms with Crippen molar-refractivity contribution in [3.8, 4) is 0 Å². The maximum Gasteiger partial charge on any atom is 0.335 e. The van der Waals surface area contributed by atoms with Crippen molar-refractivity contribution in [3.05, 3.63) is 65.2 Å². The van der Waals surface area contributed by atoms with Crippen LogP contribution < -0.4 is 5.32 Å². The molecule has 0 radical (unpaired) electrons. The quantitative estimate of drug-likeness (QED) is 0.813. The summed E-state index contributed by atoms with van der Waals surface area (Å²) >= 11 is 0. The van der Waals surface area contributed by atoms with E-state index in [2.05, 4.69) is 5.32 Å². The summed E-state index contributed by atoms with van der Waals surface area (Å²) in [7, 11) is 0. The van der Waals surface area contributed by atoms with Crippen molar-refractivity contribution in [2.24, 2.45) is 0 Å². The molecule has 0 aliphatic carbocycles. The SMILES string of the molecule is CC(C)OCc1ccc(NCc2cccc(C(=O)O)c2)cc1. The second-order valence-corrected chi connectivity index (χ2v) is 5.42. The van der Waals surface area contributed by atoms with Gasteiger partial charge in [0.25, 0.3) is 0 Å². The molecule has 0 fully saturated rings. The molecule has 0 spiro atoms. The van der Waals surface area contributed by atoms with Gasteiger partial charge in [-0.3, -0.25) is 0 Å². The number of aromatic carboxylic acids is 1. The van der Waals surface area contributed by atoms with Gasteiger partial charge in [0, 0.05) is 12.2 Å². The van der Waals surface area contributed by atoms with Crippen molar-refractivity contribution in [1.82, 2.24) is 0 Å². The van der Waals surface area contributed by atoms with E-state index in [9.17, 15) is 4.79 Å². The number of hydrogen-bond acceptors (Lipinski definition) is 3. The molecule has 2 N–H and O–H groups in total. The number of benzene rings is 2. The molecule has 0 aromatic heterocycles. The van der Waals surface area contributed by atoms with Gasteiger partial charge in [-0.25, -0.2) is 4.79 Å². The summed E-state index contributed by atoms with van der Waals surface area (Å²) in [6, 6.07) is 15.0. The molecule has 116 valence electrons. The lowest BCUT2D eigenvalue weighted by molar-refractivity contribution is 0.0657. The molecule has 0 aliphatic rings. The number of ether oxygens (including phenoxy) is 1. The standard InChI is InChI=1S/C18H21NO3/c1-13(2)22-12-14-6-8-17(9-7-14)19-11-15-4-3-5-16(10-15)18(20)21/h3-10,13,19H,11-12H2,1-2H3,(H,20,21). The number of rotatable bonds is 7. The fourth-order valence-corrected chi connectivity index (χ4v) is 2.00. The van der Waals surface area contributed by atoms with Crippen molar-refractivity contribution < 1.29 is 14.6 Å². The Hall–Kier alpha value is -2.33. The van der Waals surface area contributed by atoms with Crippen LogP contribution in [-0.2, 0) is 17.9 Å². The highest BCUT2D eigenvalue weighted by atomic mass is 16.5. The van der Waals surface area contributed by atoms with Gasteiger partial charge in [0.15, 0.2) is 0 Å². The fourth-order valence-electron chi connectivity index (χ4n) is 2.00. The summed E-state index contributed by atoms with van der Waals surface area (Å²) in [6.07, 6.45) is 0.222. The zero-order valence-electron chi connectivity index (χ0n) is 12.9. The van der Waals surface area contributed by atoms with Crippen LogP contribution in [0.5, 0.6) is 0 Å². The molecule has 0 aliphatic heterocycles. The number of carbonyl (C=O) groups is 1. The van der Waals surface area contributed by atoms with Crippen LogP contribution in [0, 0.1) is 0 Å². The third kappa shape index (κ3) is 4.90. The van der Waals surface area contributed by atoms with Gasteiger partial charge < -0.3 is 15.2 Å². The molecule has 0 unspecified atom stereocenters. The molecule has 4 nitrogen and oxygen atoms in total. The predicted octanol–water partition coefficient (Wildman–Crippen LogP) is 3.92. The van der Waals surface area contributed by atoms with Crippen molar-refractivity contribution in [1.29, 1.82) is 0 Å². The molecule has 2 aromatic carbocycles. The molecule has 2 aromatic rings. The molecule has 22 heavy (non-hydrogen) atoms. The minimum atomic E-state index is -0.906. The highest BCUT2D eigenvalue weighted by molar-refractivity contribution is 5.87. The van der Waals surface area contributed by atoms with Crippen LogP contribution >= 0.6 is 0 Å². The predicted molar refractivity (Wildman–Crippen MR) is 87.1 cm³/mol. The number of carboxylic acid groups (broad SMARTS) is 1. The summed E-state index contributed by atoms with van der Waals surface area (Å²) < 4.78 is 5.56. The van der Waals surface area contributed by atoms with Crippen molar-refractivity contribution in [3.63, 3.8) is 0 Å². The van der Waals surface area contributed by atoms with Gasteiger partial charge in [-0.15, -0.1) is 0 Å². The van der Waals surface area contributed by atoms with Gasteiger partial charge in [0.1, 0.15) is 0 Å². The zero-order chi connectivity index (χ0) is 15.9. The molecule has 4 heteroatoms. The lowest BCUT2D eigenvalue weighted by Gasteiger charge is -2.10. The van der Waals surface area contributed by atoms with Gasteiger partial charge >= 0.3 is 5.97 Å².